The molecule has 0 nitrogen and oxygen atoms in total. The number of hydrogen-bond donors (Lipinski definition) is 0. The highest BCUT2D eigenvalue weighted by molar-refractivity contribution is 9.23. The molecule has 0 unspecified atom stereocenters. The van der Waals surface area contributed by atoms with Gasteiger partial charge in [-0.15, -0.1) is 34.1 Å². The average molecular weight is 228 g/mol. The van der Waals surface area contributed by atoms with Gasteiger partial charge in [0.1, 0.15) is 3.64 Å². The molecular weight excluding hydrogens is 219 g/mol. The lowest BCUT2D eigenvalue weighted by Crippen LogP contribution is -2.30. The van der Waals surface area contributed by atoms with E-state index in [4.69, 9.17) is 11.8 Å². The Labute approximate surface area is 78.9 Å². The number of rotatable bonds is 0. The van der Waals surface area contributed by atoms with Crippen LogP contribution in [0, 0.1) is 5.41 Å². The van der Waals surface area contributed by atoms with Gasteiger partial charge in [-0.3, -0.25) is 0 Å². The summed E-state index contributed by atoms with van der Waals surface area (Å²) in [6, 6.07) is 0. The fourth-order valence-electron chi connectivity index (χ4n) is 0.941. The van der Waals surface area contributed by atoms with Crippen LogP contribution in [0.2, 0.25) is 0 Å². The summed E-state index contributed by atoms with van der Waals surface area (Å²) in [6.45, 7) is 2.39. The molecule has 0 atom stereocenters. The zero-order valence-electron chi connectivity index (χ0n) is 5.70. The van der Waals surface area contributed by atoms with E-state index in [0.29, 0.717) is 5.41 Å². The molecule has 58 valence electrons. The summed E-state index contributed by atoms with van der Waals surface area (Å²) in [5.74, 6) is 3.97. The van der Waals surface area contributed by atoms with Crippen molar-refractivity contribution in [1.29, 1.82) is 0 Å². The Morgan fingerprint density at radius 2 is 1.60 bits per heavy atom. The van der Waals surface area contributed by atoms with E-state index >= 15 is 0 Å². The van der Waals surface area contributed by atoms with E-state index in [-0.39, 0.29) is 0 Å². The first-order valence-electron chi connectivity index (χ1n) is 3.16. The van der Waals surface area contributed by atoms with E-state index in [9.17, 15) is 0 Å². The SMILES string of the molecule is CC12CSP(=S)(SC1)SC2. The van der Waals surface area contributed by atoms with Crippen LogP contribution in [-0.4, -0.2) is 17.3 Å². The van der Waals surface area contributed by atoms with Gasteiger partial charge in [-0.05, 0) is 5.41 Å². The van der Waals surface area contributed by atoms with Crippen LogP contribution in [-0.2, 0) is 11.8 Å². The Bertz CT molecular complexity index is 171. The van der Waals surface area contributed by atoms with Gasteiger partial charge in [-0.25, -0.2) is 0 Å². The van der Waals surface area contributed by atoms with E-state index in [0.717, 1.165) is 0 Å². The second-order valence-electron chi connectivity index (χ2n) is 3.08. The summed E-state index contributed by atoms with van der Waals surface area (Å²) in [6.07, 6.45) is 0. The van der Waals surface area contributed by atoms with Crippen LogP contribution < -0.4 is 0 Å². The predicted molar refractivity (Wildman–Crippen MR) is 59.8 cm³/mol. The first-order valence-corrected chi connectivity index (χ1v) is 10.7. The Hall–Kier alpha value is 1.70. The molecule has 0 aliphatic carbocycles. The van der Waals surface area contributed by atoms with Gasteiger partial charge in [0.05, 0.1) is 0 Å². The third kappa shape index (κ3) is 1.42. The van der Waals surface area contributed by atoms with Gasteiger partial charge in [-0.1, -0.05) is 18.7 Å². The summed E-state index contributed by atoms with van der Waals surface area (Å²) in [4.78, 5) is 0. The molecule has 2 bridgehead atoms. The fraction of sp³-hybridized carbons (Fsp3) is 1.00. The summed E-state index contributed by atoms with van der Waals surface area (Å²) in [5.41, 5.74) is 0.612. The van der Waals surface area contributed by atoms with Crippen molar-refractivity contribution in [3.8, 4) is 0 Å². The second kappa shape index (κ2) is 2.59. The third-order valence-electron chi connectivity index (χ3n) is 1.71. The molecule has 0 aromatic carbocycles. The summed E-state index contributed by atoms with van der Waals surface area (Å²) < 4.78 is -0.988. The minimum atomic E-state index is -0.988. The molecule has 3 saturated heterocycles. The molecule has 0 saturated carbocycles. The Balaban J connectivity index is 2.24. The van der Waals surface area contributed by atoms with Crippen LogP contribution in [0.25, 0.3) is 0 Å². The van der Waals surface area contributed by atoms with Gasteiger partial charge in [0.25, 0.3) is 0 Å². The quantitative estimate of drug-likeness (QED) is 0.582. The maximum Gasteiger partial charge on any atom is 0.109 e. The van der Waals surface area contributed by atoms with Gasteiger partial charge in [0.2, 0.25) is 0 Å². The molecule has 3 heterocycles. The van der Waals surface area contributed by atoms with E-state index in [1.165, 1.54) is 17.3 Å². The smallest absolute Gasteiger partial charge is 0.104 e. The van der Waals surface area contributed by atoms with Crippen LogP contribution in [0.1, 0.15) is 6.92 Å². The molecule has 0 N–H and O–H groups in total. The van der Waals surface area contributed by atoms with E-state index < -0.39 is 3.64 Å². The van der Waals surface area contributed by atoms with Crippen molar-refractivity contribution in [1.82, 2.24) is 0 Å². The normalized spacial score (nSPS) is 53.3. The highest BCUT2D eigenvalue weighted by Crippen LogP contribution is 2.85. The van der Waals surface area contributed by atoms with Gasteiger partial charge >= 0.3 is 0 Å². The zero-order chi connectivity index (χ0) is 7.24. The maximum absolute atomic E-state index is 5.54. The molecule has 5 heteroatoms. The standard InChI is InChI=1S/C5H9PS4/c1-5-2-8-6(7,9-3-5)10-4-5/h2-4H2,1H3. The minimum Gasteiger partial charge on any atom is -0.104 e. The largest absolute Gasteiger partial charge is 0.109 e. The lowest BCUT2D eigenvalue weighted by molar-refractivity contribution is 0.505. The lowest BCUT2D eigenvalue weighted by Gasteiger charge is -2.44. The first-order chi connectivity index (χ1) is 4.62. The van der Waals surface area contributed by atoms with Crippen molar-refractivity contribution in [3.05, 3.63) is 0 Å². The molecule has 0 spiro atoms. The predicted octanol–water partition coefficient (Wildman–Crippen LogP) is 3.44. The monoisotopic (exact) mass is 228 g/mol. The summed E-state index contributed by atoms with van der Waals surface area (Å²) in [7, 11) is 0. The molecule has 3 aliphatic rings. The van der Waals surface area contributed by atoms with Crippen LogP contribution in [0.15, 0.2) is 0 Å². The Kier molecular flexibility index (Phi) is 2.15. The van der Waals surface area contributed by atoms with Crippen molar-refractivity contribution in [3.63, 3.8) is 0 Å². The van der Waals surface area contributed by atoms with Crippen molar-refractivity contribution in [2.45, 2.75) is 6.92 Å². The lowest BCUT2D eigenvalue weighted by atomic mass is 10.00. The molecule has 0 amide bonds. The van der Waals surface area contributed by atoms with Crippen LogP contribution in [0.3, 0.4) is 0 Å². The van der Waals surface area contributed by atoms with Crippen LogP contribution >= 0.6 is 37.8 Å². The topological polar surface area (TPSA) is 0 Å². The molecular formula is C5H9PS4. The zero-order valence-corrected chi connectivity index (χ0v) is 9.86. The highest BCUT2D eigenvalue weighted by atomic mass is 33.5. The van der Waals surface area contributed by atoms with Crippen LogP contribution in [0.5, 0.6) is 0 Å². The molecule has 3 rings (SSSR count). The Morgan fingerprint density at radius 3 is 1.90 bits per heavy atom. The van der Waals surface area contributed by atoms with E-state index in [2.05, 4.69) is 41.1 Å². The first kappa shape index (κ1) is 8.31. The highest BCUT2D eigenvalue weighted by Gasteiger charge is 2.42. The number of fused-ring (bicyclic) bond motifs is 3. The minimum absolute atomic E-state index is 0.612. The summed E-state index contributed by atoms with van der Waals surface area (Å²) >= 11 is 11.7. The molecule has 3 fully saturated rings. The number of hydrogen-bond acceptors (Lipinski definition) is 4. The van der Waals surface area contributed by atoms with Crippen molar-refractivity contribution >= 4 is 49.6 Å². The molecule has 0 aromatic heterocycles. The van der Waals surface area contributed by atoms with Gasteiger partial charge in [-0.2, -0.15) is 0 Å². The van der Waals surface area contributed by atoms with E-state index in [1.54, 1.807) is 0 Å². The van der Waals surface area contributed by atoms with Crippen molar-refractivity contribution in [2.24, 2.45) is 5.41 Å². The van der Waals surface area contributed by atoms with Gasteiger partial charge in [0, 0.05) is 17.3 Å². The average Bonchev–Trinajstić information content (AvgIpc) is 1.93. The fourth-order valence-corrected chi connectivity index (χ4v) is 14.8. The molecule has 0 aromatic rings. The van der Waals surface area contributed by atoms with Gasteiger partial charge < -0.3 is 0 Å². The molecule has 3 aliphatic heterocycles. The van der Waals surface area contributed by atoms with Crippen LogP contribution in [0.4, 0.5) is 0 Å². The second-order valence-corrected chi connectivity index (χ2v) is 18.7. The van der Waals surface area contributed by atoms with Crippen molar-refractivity contribution < 1.29 is 0 Å². The molecule has 0 radical (unpaired) electrons. The maximum atomic E-state index is 5.54. The third-order valence-corrected chi connectivity index (χ3v) is 17.7. The van der Waals surface area contributed by atoms with Gasteiger partial charge in [0.15, 0.2) is 0 Å². The summed E-state index contributed by atoms with van der Waals surface area (Å²) in [5, 5.41) is 0. The van der Waals surface area contributed by atoms with E-state index in [1.807, 2.05) is 0 Å². The molecule has 10 heavy (non-hydrogen) atoms. The Morgan fingerprint density at radius 1 is 1.20 bits per heavy atom. The van der Waals surface area contributed by atoms with Crippen molar-refractivity contribution in [2.75, 3.05) is 17.3 Å².